The van der Waals surface area contributed by atoms with Crippen LogP contribution in [0.25, 0.3) is 0 Å². The molecule has 1 N–H and O–H groups in total. The first-order chi connectivity index (χ1) is 12.6. The molecule has 0 radical (unpaired) electrons. The van der Waals surface area contributed by atoms with E-state index in [9.17, 15) is 9.59 Å². The maximum absolute atomic E-state index is 12.3. The van der Waals surface area contributed by atoms with Gasteiger partial charge in [-0.3, -0.25) is 9.59 Å². The number of rotatable bonds is 3. The van der Waals surface area contributed by atoms with Crippen molar-refractivity contribution in [1.82, 2.24) is 0 Å². The van der Waals surface area contributed by atoms with Gasteiger partial charge in [-0.2, -0.15) is 0 Å². The van der Waals surface area contributed by atoms with E-state index in [0.717, 1.165) is 11.1 Å². The molecule has 0 aliphatic carbocycles. The molecule has 1 amide bonds. The van der Waals surface area contributed by atoms with Gasteiger partial charge in [0.05, 0.1) is 0 Å². The number of Topliss-reactive ketones (excluding diaryl/α,β-unsaturated/α-hetero) is 1. The molecule has 0 saturated heterocycles. The zero-order valence-electron chi connectivity index (χ0n) is 14.3. The molecule has 26 heavy (non-hydrogen) atoms. The summed E-state index contributed by atoms with van der Waals surface area (Å²) >= 11 is 0. The lowest BCUT2D eigenvalue weighted by molar-refractivity contribution is 0.101. The van der Waals surface area contributed by atoms with Crippen molar-refractivity contribution < 1.29 is 9.59 Å². The number of carbonyl (C=O) groups excluding carboxylic acids is 2. The Hall–Kier alpha value is -3.64. The highest BCUT2D eigenvalue weighted by atomic mass is 16.1. The van der Waals surface area contributed by atoms with E-state index in [0.29, 0.717) is 16.8 Å². The second-order valence-corrected chi connectivity index (χ2v) is 5.78. The first-order valence-corrected chi connectivity index (χ1v) is 8.21. The Bertz CT molecular complexity index is 976. The van der Waals surface area contributed by atoms with Gasteiger partial charge in [0.15, 0.2) is 5.78 Å². The second kappa shape index (κ2) is 7.96. The summed E-state index contributed by atoms with van der Waals surface area (Å²) < 4.78 is 0. The van der Waals surface area contributed by atoms with Crippen molar-refractivity contribution in [3.63, 3.8) is 0 Å². The summed E-state index contributed by atoms with van der Waals surface area (Å²) in [7, 11) is 0. The fourth-order valence-corrected chi connectivity index (χ4v) is 2.36. The maximum atomic E-state index is 12.3. The highest BCUT2D eigenvalue weighted by Crippen LogP contribution is 2.12. The SMILES string of the molecule is CC(=O)c1ccc(NC(=O)c2ccc(C#Cc3ccccc3)cc2)cc1. The summed E-state index contributed by atoms with van der Waals surface area (Å²) in [4.78, 5) is 23.6. The molecule has 0 aromatic heterocycles. The lowest BCUT2D eigenvalue weighted by Gasteiger charge is -2.06. The van der Waals surface area contributed by atoms with E-state index in [4.69, 9.17) is 0 Å². The number of carbonyl (C=O) groups is 2. The van der Waals surface area contributed by atoms with Gasteiger partial charge < -0.3 is 5.32 Å². The van der Waals surface area contributed by atoms with Crippen molar-refractivity contribution in [2.45, 2.75) is 6.92 Å². The number of hydrogen-bond donors (Lipinski definition) is 1. The van der Waals surface area contributed by atoms with Crippen molar-refractivity contribution in [1.29, 1.82) is 0 Å². The molecule has 0 spiro atoms. The molecule has 3 heteroatoms. The molecule has 0 unspecified atom stereocenters. The molecular weight excluding hydrogens is 322 g/mol. The van der Waals surface area contributed by atoms with Gasteiger partial charge >= 0.3 is 0 Å². The first kappa shape index (κ1) is 17.2. The van der Waals surface area contributed by atoms with E-state index in [-0.39, 0.29) is 11.7 Å². The second-order valence-electron chi connectivity index (χ2n) is 5.78. The molecular formula is C23H17NO2. The van der Waals surface area contributed by atoms with Crippen LogP contribution in [0.4, 0.5) is 5.69 Å². The Kier molecular flexibility index (Phi) is 5.26. The van der Waals surface area contributed by atoms with E-state index in [1.54, 1.807) is 36.4 Å². The Balaban J connectivity index is 1.67. The Morgan fingerprint density at radius 1 is 0.692 bits per heavy atom. The summed E-state index contributed by atoms with van der Waals surface area (Å²) in [5.74, 6) is 5.96. The largest absolute Gasteiger partial charge is 0.322 e. The minimum Gasteiger partial charge on any atom is -0.322 e. The quantitative estimate of drug-likeness (QED) is 0.562. The Morgan fingerprint density at radius 2 is 1.23 bits per heavy atom. The van der Waals surface area contributed by atoms with Crippen LogP contribution in [0.1, 0.15) is 38.8 Å². The summed E-state index contributed by atoms with van der Waals surface area (Å²) in [6.45, 7) is 1.51. The van der Waals surface area contributed by atoms with Gasteiger partial charge in [0.1, 0.15) is 0 Å². The third kappa shape index (κ3) is 4.46. The highest BCUT2D eigenvalue weighted by molar-refractivity contribution is 6.04. The van der Waals surface area contributed by atoms with Crippen LogP contribution in [0.5, 0.6) is 0 Å². The first-order valence-electron chi connectivity index (χ1n) is 8.21. The molecule has 3 aromatic carbocycles. The van der Waals surface area contributed by atoms with Gasteiger partial charge in [-0.25, -0.2) is 0 Å². The molecule has 0 saturated carbocycles. The molecule has 3 rings (SSSR count). The summed E-state index contributed by atoms with van der Waals surface area (Å²) in [5, 5.41) is 2.82. The Labute approximate surface area is 152 Å². The van der Waals surface area contributed by atoms with Crippen molar-refractivity contribution >= 4 is 17.4 Å². The normalized spacial score (nSPS) is 9.73. The van der Waals surface area contributed by atoms with Gasteiger partial charge in [-0.15, -0.1) is 0 Å². The van der Waals surface area contributed by atoms with Gasteiger partial charge in [-0.05, 0) is 67.6 Å². The van der Waals surface area contributed by atoms with Crippen LogP contribution >= 0.6 is 0 Å². The highest BCUT2D eigenvalue weighted by Gasteiger charge is 2.06. The van der Waals surface area contributed by atoms with Gasteiger partial charge in [-0.1, -0.05) is 30.0 Å². The summed E-state index contributed by atoms with van der Waals surface area (Å²) in [6, 6.07) is 23.7. The zero-order chi connectivity index (χ0) is 18.4. The monoisotopic (exact) mass is 339 g/mol. The van der Waals surface area contributed by atoms with Crippen LogP contribution in [0.15, 0.2) is 78.9 Å². The minimum atomic E-state index is -0.205. The van der Waals surface area contributed by atoms with E-state index in [1.165, 1.54) is 6.92 Å². The van der Waals surface area contributed by atoms with Crippen LogP contribution in [0.2, 0.25) is 0 Å². The molecule has 0 heterocycles. The number of anilines is 1. The van der Waals surface area contributed by atoms with Crippen LogP contribution in [-0.4, -0.2) is 11.7 Å². The van der Waals surface area contributed by atoms with Crippen molar-refractivity contribution in [2.24, 2.45) is 0 Å². The molecule has 0 bridgehead atoms. The molecule has 0 atom stereocenters. The third-order valence-corrected chi connectivity index (χ3v) is 3.82. The van der Waals surface area contributed by atoms with Crippen molar-refractivity contribution in [2.75, 3.05) is 5.32 Å². The predicted octanol–water partition coefficient (Wildman–Crippen LogP) is 4.54. The topological polar surface area (TPSA) is 46.2 Å². The fraction of sp³-hybridized carbons (Fsp3) is 0.0435. The number of benzene rings is 3. The van der Waals surface area contributed by atoms with Gasteiger partial charge in [0, 0.05) is 27.9 Å². The standard InChI is InChI=1S/C23H17NO2/c1-17(25)20-13-15-22(16-14-20)24-23(26)21-11-9-19(10-12-21)8-7-18-5-3-2-4-6-18/h2-6,9-16H,1H3,(H,24,26). The number of ketones is 1. The lowest BCUT2D eigenvalue weighted by Crippen LogP contribution is -2.11. The molecule has 0 aliphatic rings. The number of amides is 1. The van der Waals surface area contributed by atoms with Gasteiger partial charge in [0.2, 0.25) is 0 Å². The molecule has 0 fully saturated rings. The molecule has 3 aromatic rings. The lowest BCUT2D eigenvalue weighted by atomic mass is 10.1. The van der Waals surface area contributed by atoms with Gasteiger partial charge in [0.25, 0.3) is 5.91 Å². The summed E-state index contributed by atoms with van der Waals surface area (Å²) in [5.41, 5.74) is 3.60. The van der Waals surface area contributed by atoms with E-state index in [1.807, 2.05) is 42.5 Å². The molecule has 126 valence electrons. The Morgan fingerprint density at radius 3 is 1.81 bits per heavy atom. The summed E-state index contributed by atoms with van der Waals surface area (Å²) in [6.07, 6.45) is 0. The smallest absolute Gasteiger partial charge is 0.255 e. The van der Waals surface area contributed by atoms with Crippen LogP contribution in [0, 0.1) is 11.8 Å². The number of nitrogens with one attached hydrogen (secondary N) is 1. The average Bonchev–Trinajstić information content (AvgIpc) is 2.68. The van der Waals surface area contributed by atoms with E-state index >= 15 is 0 Å². The minimum absolute atomic E-state index is 0.00456. The number of hydrogen-bond acceptors (Lipinski definition) is 2. The predicted molar refractivity (Wildman–Crippen MR) is 103 cm³/mol. The molecule has 0 aliphatic heterocycles. The zero-order valence-corrected chi connectivity index (χ0v) is 14.3. The van der Waals surface area contributed by atoms with Crippen LogP contribution in [-0.2, 0) is 0 Å². The fourth-order valence-electron chi connectivity index (χ4n) is 2.36. The maximum Gasteiger partial charge on any atom is 0.255 e. The van der Waals surface area contributed by atoms with E-state index in [2.05, 4.69) is 17.2 Å². The van der Waals surface area contributed by atoms with Crippen LogP contribution < -0.4 is 5.32 Å². The third-order valence-electron chi connectivity index (χ3n) is 3.82. The molecule has 3 nitrogen and oxygen atoms in total. The van der Waals surface area contributed by atoms with Crippen LogP contribution in [0.3, 0.4) is 0 Å². The van der Waals surface area contributed by atoms with E-state index < -0.39 is 0 Å². The average molecular weight is 339 g/mol. The van der Waals surface area contributed by atoms with Crippen molar-refractivity contribution in [3.05, 3.63) is 101 Å². The van der Waals surface area contributed by atoms with Crippen molar-refractivity contribution in [3.8, 4) is 11.8 Å².